The van der Waals surface area contributed by atoms with Crippen LogP contribution in [0.25, 0.3) is 0 Å². The maximum absolute atomic E-state index is 12.1. The largest absolute Gasteiger partial charge is 0.468 e. The molecule has 0 bridgehead atoms. The Kier molecular flexibility index (Phi) is 5.20. The third kappa shape index (κ3) is 4.91. The summed E-state index contributed by atoms with van der Waals surface area (Å²) < 4.78 is 46.0. The van der Waals surface area contributed by atoms with E-state index >= 15 is 0 Å². The van der Waals surface area contributed by atoms with E-state index in [1.54, 1.807) is 0 Å². The van der Waals surface area contributed by atoms with Gasteiger partial charge in [-0.1, -0.05) is 0 Å². The van der Waals surface area contributed by atoms with Gasteiger partial charge in [-0.15, -0.1) is 0 Å². The highest BCUT2D eigenvalue weighted by Crippen LogP contribution is 2.21. The number of halogens is 3. The minimum atomic E-state index is -4.34. The van der Waals surface area contributed by atoms with Crippen molar-refractivity contribution in [3.05, 3.63) is 0 Å². The van der Waals surface area contributed by atoms with Crippen LogP contribution in [0.5, 0.6) is 0 Å². The zero-order valence-corrected chi connectivity index (χ0v) is 9.55. The van der Waals surface area contributed by atoms with Gasteiger partial charge in [0, 0.05) is 13.2 Å². The number of rotatable bonds is 4. The van der Waals surface area contributed by atoms with Crippen LogP contribution in [0.1, 0.15) is 12.8 Å². The van der Waals surface area contributed by atoms with Crippen molar-refractivity contribution in [3.8, 4) is 0 Å². The highest BCUT2D eigenvalue weighted by atomic mass is 19.4. The topological polar surface area (TPSA) is 47.6 Å². The molecule has 17 heavy (non-hydrogen) atoms. The van der Waals surface area contributed by atoms with Gasteiger partial charge < -0.3 is 9.47 Å². The van der Waals surface area contributed by atoms with E-state index in [-0.39, 0.29) is 5.92 Å². The Morgan fingerprint density at radius 2 is 2.06 bits per heavy atom. The highest BCUT2D eigenvalue weighted by Gasteiger charge is 2.35. The molecule has 1 aliphatic heterocycles. The van der Waals surface area contributed by atoms with E-state index in [0.29, 0.717) is 26.1 Å². The minimum absolute atomic E-state index is 0.168. The molecule has 4 nitrogen and oxygen atoms in total. The second kappa shape index (κ2) is 6.20. The van der Waals surface area contributed by atoms with Gasteiger partial charge >= 0.3 is 12.1 Å². The second-order valence-corrected chi connectivity index (χ2v) is 3.95. The first-order valence-corrected chi connectivity index (χ1v) is 5.40. The predicted octanol–water partition coefficient (Wildman–Crippen LogP) is 1.11. The standard InChI is InChI=1S/C10H16F3NO3/c1-16-9(15)8(14-6-10(11,12)13)7-2-4-17-5-3-7/h7-8,14H,2-6H2,1H3. The van der Waals surface area contributed by atoms with Crippen LogP contribution in [0, 0.1) is 5.92 Å². The monoisotopic (exact) mass is 255 g/mol. The Morgan fingerprint density at radius 3 is 2.53 bits per heavy atom. The lowest BCUT2D eigenvalue weighted by atomic mass is 9.91. The van der Waals surface area contributed by atoms with Crippen LogP contribution in [-0.2, 0) is 14.3 Å². The van der Waals surface area contributed by atoms with E-state index in [2.05, 4.69) is 10.1 Å². The van der Waals surface area contributed by atoms with Crippen molar-refractivity contribution in [2.75, 3.05) is 26.9 Å². The molecule has 1 atom stereocenters. The zero-order chi connectivity index (χ0) is 12.9. The molecule has 1 aliphatic rings. The average molecular weight is 255 g/mol. The molecule has 100 valence electrons. The van der Waals surface area contributed by atoms with Crippen LogP contribution in [0.3, 0.4) is 0 Å². The third-order valence-corrected chi connectivity index (χ3v) is 2.71. The van der Waals surface area contributed by atoms with Gasteiger partial charge in [0.15, 0.2) is 0 Å². The summed E-state index contributed by atoms with van der Waals surface area (Å²) in [5.41, 5.74) is 0. The van der Waals surface area contributed by atoms with E-state index in [0.717, 1.165) is 0 Å². The Bertz CT molecular complexity index is 252. The summed E-state index contributed by atoms with van der Waals surface area (Å²) in [5, 5.41) is 2.22. The number of ether oxygens (including phenoxy) is 2. The number of hydrogen-bond acceptors (Lipinski definition) is 4. The van der Waals surface area contributed by atoms with Gasteiger partial charge in [0.1, 0.15) is 6.04 Å². The molecule has 0 aromatic heterocycles. The second-order valence-electron chi connectivity index (χ2n) is 3.95. The molecule has 0 aromatic rings. The molecular weight excluding hydrogens is 239 g/mol. The lowest BCUT2D eigenvalue weighted by Gasteiger charge is -2.29. The Morgan fingerprint density at radius 1 is 1.47 bits per heavy atom. The van der Waals surface area contributed by atoms with Crippen molar-refractivity contribution in [1.82, 2.24) is 5.32 Å². The fourth-order valence-corrected chi connectivity index (χ4v) is 1.84. The van der Waals surface area contributed by atoms with Crippen molar-refractivity contribution in [1.29, 1.82) is 0 Å². The molecule has 0 amide bonds. The Hall–Kier alpha value is -0.820. The summed E-state index contributed by atoms with van der Waals surface area (Å²) in [6.45, 7) is -0.262. The Labute approximate surface area is 97.5 Å². The van der Waals surface area contributed by atoms with E-state index in [4.69, 9.17) is 4.74 Å². The quantitative estimate of drug-likeness (QED) is 0.764. The maximum atomic E-state index is 12.1. The van der Waals surface area contributed by atoms with Crippen LogP contribution >= 0.6 is 0 Å². The van der Waals surface area contributed by atoms with Crippen LogP contribution in [0.2, 0.25) is 0 Å². The first kappa shape index (κ1) is 14.2. The van der Waals surface area contributed by atoms with Crippen molar-refractivity contribution in [3.63, 3.8) is 0 Å². The van der Waals surface area contributed by atoms with Crippen molar-refractivity contribution in [2.45, 2.75) is 25.1 Å². The van der Waals surface area contributed by atoms with Gasteiger partial charge in [0.25, 0.3) is 0 Å². The lowest BCUT2D eigenvalue weighted by molar-refractivity contribution is -0.149. The fraction of sp³-hybridized carbons (Fsp3) is 0.900. The first-order chi connectivity index (χ1) is 7.94. The molecule has 0 aromatic carbocycles. The number of carbonyl (C=O) groups is 1. The smallest absolute Gasteiger partial charge is 0.401 e. The molecule has 1 saturated heterocycles. The lowest BCUT2D eigenvalue weighted by Crippen LogP contribution is -2.48. The summed E-state index contributed by atoms with van der Waals surface area (Å²) in [4.78, 5) is 11.4. The normalized spacial score (nSPS) is 20.0. The van der Waals surface area contributed by atoms with Crippen molar-refractivity contribution in [2.24, 2.45) is 5.92 Å². The summed E-state index contributed by atoms with van der Waals surface area (Å²) in [5.74, 6) is -0.820. The first-order valence-electron chi connectivity index (χ1n) is 5.40. The van der Waals surface area contributed by atoms with Gasteiger partial charge in [-0.3, -0.25) is 10.1 Å². The van der Waals surface area contributed by atoms with Crippen LogP contribution in [0.4, 0.5) is 13.2 Å². The van der Waals surface area contributed by atoms with Crippen LogP contribution < -0.4 is 5.32 Å². The number of carbonyl (C=O) groups excluding carboxylic acids is 1. The van der Waals surface area contributed by atoms with Gasteiger partial charge in [0.05, 0.1) is 13.7 Å². The summed E-state index contributed by atoms with van der Waals surface area (Å²) >= 11 is 0. The molecule has 0 saturated carbocycles. The molecule has 1 fully saturated rings. The number of alkyl halides is 3. The summed E-state index contributed by atoms with van der Waals surface area (Å²) in [7, 11) is 1.17. The summed E-state index contributed by atoms with van der Waals surface area (Å²) in [6.07, 6.45) is -3.22. The van der Waals surface area contributed by atoms with Gasteiger partial charge in [-0.25, -0.2) is 0 Å². The maximum Gasteiger partial charge on any atom is 0.401 e. The van der Waals surface area contributed by atoms with Gasteiger partial charge in [-0.2, -0.15) is 13.2 Å². The van der Waals surface area contributed by atoms with Gasteiger partial charge in [-0.05, 0) is 18.8 Å². The number of esters is 1. The fourth-order valence-electron chi connectivity index (χ4n) is 1.84. The van der Waals surface area contributed by atoms with E-state index < -0.39 is 24.7 Å². The Balaban J connectivity index is 2.56. The molecule has 0 aliphatic carbocycles. The minimum Gasteiger partial charge on any atom is -0.468 e. The number of methoxy groups -OCH3 is 1. The molecular formula is C10H16F3NO3. The predicted molar refractivity (Wildman–Crippen MR) is 53.4 cm³/mol. The molecule has 1 rings (SSSR count). The zero-order valence-electron chi connectivity index (χ0n) is 9.55. The molecule has 1 heterocycles. The molecule has 1 N–H and O–H groups in total. The van der Waals surface area contributed by atoms with Crippen molar-refractivity contribution >= 4 is 5.97 Å². The van der Waals surface area contributed by atoms with Crippen LogP contribution in [0.15, 0.2) is 0 Å². The summed E-state index contributed by atoms with van der Waals surface area (Å²) in [6, 6.07) is -0.912. The SMILES string of the molecule is COC(=O)C(NCC(F)(F)F)C1CCOCC1. The number of nitrogens with one attached hydrogen (secondary N) is 1. The molecule has 0 spiro atoms. The highest BCUT2D eigenvalue weighted by molar-refractivity contribution is 5.76. The van der Waals surface area contributed by atoms with E-state index in [1.165, 1.54) is 7.11 Å². The van der Waals surface area contributed by atoms with Crippen LogP contribution in [-0.4, -0.2) is 45.1 Å². The molecule has 0 radical (unpaired) electrons. The molecule has 1 unspecified atom stereocenters. The van der Waals surface area contributed by atoms with Crippen molar-refractivity contribution < 1.29 is 27.4 Å². The molecule has 7 heteroatoms. The van der Waals surface area contributed by atoms with Gasteiger partial charge in [0.2, 0.25) is 0 Å². The third-order valence-electron chi connectivity index (χ3n) is 2.71. The average Bonchev–Trinajstić information content (AvgIpc) is 2.29. The van der Waals surface area contributed by atoms with E-state index in [9.17, 15) is 18.0 Å². The van der Waals surface area contributed by atoms with E-state index in [1.807, 2.05) is 0 Å². The number of hydrogen-bond donors (Lipinski definition) is 1.